The van der Waals surface area contributed by atoms with Crippen molar-refractivity contribution in [1.82, 2.24) is 0 Å². The minimum atomic E-state index is -1.05. The molecule has 5 nitrogen and oxygen atoms in total. The van der Waals surface area contributed by atoms with Crippen LogP contribution in [0.25, 0.3) is 0 Å². The summed E-state index contributed by atoms with van der Waals surface area (Å²) in [5.41, 5.74) is 7.73. The monoisotopic (exact) mass is 445 g/mol. The molecule has 0 aliphatic carbocycles. The molecule has 130 valence electrons. The number of anilines is 1. The molecule has 0 radical (unpaired) electrons. The van der Waals surface area contributed by atoms with Crippen LogP contribution in [-0.2, 0) is 11.3 Å². The Balaban J connectivity index is 0.00000288. The molecule has 0 amide bonds. The van der Waals surface area contributed by atoms with Gasteiger partial charge in [-0.3, -0.25) is 4.99 Å². The summed E-state index contributed by atoms with van der Waals surface area (Å²) in [4.78, 5) is 4.06. The van der Waals surface area contributed by atoms with Gasteiger partial charge in [-0.25, -0.2) is 4.39 Å². The molecule has 2 aromatic carbocycles. The van der Waals surface area contributed by atoms with Gasteiger partial charge in [0.1, 0.15) is 11.9 Å². The number of methoxy groups -OCH3 is 1. The van der Waals surface area contributed by atoms with Gasteiger partial charge in [0.15, 0.2) is 5.96 Å². The van der Waals surface area contributed by atoms with Crippen molar-refractivity contribution in [2.45, 2.75) is 12.7 Å². The van der Waals surface area contributed by atoms with E-state index in [1.807, 2.05) is 24.3 Å². The Morgan fingerprint density at radius 3 is 2.62 bits per heavy atom. The smallest absolute Gasteiger partial charge is 0.193 e. The predicted octanol–water partition coefficient (Wildman–Crippen LogP) is 3.05. The van der Waals surface area contributed by atoms with Crippen molar-refractivity contribution in [2.75, 3.05) is 19.0 Å². The van der Waals surface area contributed by atoms with Crippen LogP contribution in [0.3, 0.4) is 0 Å². The molecule has 1 unspecified atom stereocenters. The summed E-state index contributed by atoms with van der Waals surface area (Å²) in [7, 11) is 1.61. The topological polar surface area (TPSA) is 79.9 Å². The fraction of sp³-hybridized carbons (Fsp3) is 0.235. The average molecular weight is 445 g/mol. The normalized spacial score (nSPS) is 12.4. The van der Waals surface area contributed by atoms with Gasteiger partial charge in [0.05, 0.1) is 13.2 Å². The molecule has 0 aromatic heterocycles. The van der Waals surface area contributed by atoms with E-state index in [1.54, 1.807) is 19.2 Å². The van der Waals surface area contributed by atoms with Gasteiger partial charge in [-0.2, -0.15) is 0 Å². The molecule has 1 atom stereocenters. The molecular formula is C17H21FIN3O2. The second-order valence-corrected chi connectivity index (χ2v) is 4.98. The maximum Gasteiger partial charge on any atom is 0.193 e. The standard InChI is InChI=1S/C17H20FN3O2.HI/c1-23-11-12-6-2-5-9-15(12)21-17(19)20-10-16(22)13-7-3-4-8-14(13)18;/h2-9,16,22H,10-11H2,1H3,(H3,19,20,21);1H. The first kappa shape index (κ1) is 20.3. The van der Waals surface area contributed by atoms with Crippen LogP contribution >= 0.6 is 24.0 Å². The number of aliphatic imine (C=N–C) groups is 1. The van der Waals surface area contributed by atoms with Crippen molar-refractivity contribution >= 4 is 35.6 Å². The minimum absolute atomic E-state index is 0. The predicted molar refractivity (Wildman–Crippen MR) is 104 cm³/mol. The van der Waals surface area contributed by atoms with Crippen LogP contribution in [0.4, 0.5) is 10.1 Å². The molecule has 7 heteroatoms. The average Bonchev–Trinajstić information content (AvgIpc) is 2.55. The van der Waals surface area contributed by atoms with E-state index in [1.165, 1.54) is 12.1 Å². The highest BCUT2D eigenvalue weighted by atomic mass is 127. The molecule has 0 saturated heterocycles. The molecule has 4 N–H and O–H groups in total. The number of nitrogens with two attached hydrogens (primary N) is 1. The number of para-hydroxylation sites is 1. The fourth-order valence-electron chi connectivity index (χ4n) is 2.13. The lowest BCUT2D eigenvalue weighted by molar-refractivity contribution is 0.182. The van der Waals surface area contributed by atoms with Crippen LogP contribution in [0.15, 0.2) is 53.5 Å². The number of ether oxygens (including phenoxy) is 1. The second-order valence-electron chi connectivity index (χ2n) is 4.98. The van der Waals surface area contributed by atoms with E-state index in [0.29, 0.717) is 6.61 Å². The summed E-state index contributed by atoms with van der Waals surface area (Å²) in [6.07, 6.45) is -1.05. The van der Waals surface area contributed by atoms with Gasteiger partial charge in [-0.15, -0.1) is 24.0 Å². The third kappa shape index (κ3) is 5.73. The number of aliphatic hydroxyl groups excluding tert-OH is 1. The first-order valence-corrected chi connectivity index (χ1v) is 7.18. The van der Waals surface area contributed by atoms with Gasteiger partial charge in [-0.1, -0.05) is 36.4 Å². The van der Waals surface area contributed by atoms with Crippen LogP contribution in [0.5, 0.6) is 0 Å². The molecule has 0 fully saturated rings. The summed E-state index contributed by atoms with van der Waals surface area (Å²) in [5.74, 6) is -0.323. The van der Waals surface area contributed by atoms with Gasteiger partial charge >= 0.3 is 0 Å². The van der Waals surface area contributed by atoms with Crippen LogP contribution < -0.4 is 11.1 Å². The Morgan fingerprint density at radius 2 is 1.92 bits per heavy atom. The largest absolute Gasteiger partial charge is 0.386 e. The third-order valence-corrected chi connectivity index (χ3v) is 3.28. The number of hydrogen-bond acceptors (Lipinski definition) is 3. The Morgan fingerprint density at radius 1 is 1.25 bits per heavy atom. The summed E-state index contributed by atoms with van der Waals surface area (Å²) >= 11 is 0. The van der Waals surface area contributed by atoms with Crippen molar-refractivity contribution in [1.29, 1.82) is 0 Å². The van der Waals surface area contributed by atoms with Gasteiger partial charge < -0.3 is 20.9 Å². The van der Waals surface area contributed by atoms with E-state index >= 15 is 0 Å². The fourth-order valence-corrected chi connectivity index (χ4v) is 2.13. The lowest BCUT2D eigenvalue weighted by Crippen LogP contribution is -2.24. The Kier molecular flexibility index (Phi) is 8.66. The molecule has 0 aliphatic rings. The number of halogens is 2. The summed E-state index contributed by atoms with van der Waals surface area (Å²) in [5, 5.41) is 13.0. The molecule has 0 spiro atoms. The Labute approximate surface area is 157 Å². The summed E-state index contributed by atoms with van der Waals surface area (Å²) < 4.78 is 18.7. The lowest BCUT2D eigenvalue weighted by Gasteiger charge is -2.12. The molecule has 24 heavy (non-hydrogen) atoms. The number of guanidine groups is 1. The Hall–Kier alpha value is -1.71. The van der Waals surface area contributed by atoms with Crippen LogP contribution in [0.1, 0.15) is 17.2 Å². The van der Waals surface area contributed by atoms with E-state index < -0.39 is 11.9 Å². The summed E-state index contributed by atoms with van der Waals surface area (Å²) in [6, 6.07) is 13.6. The number of hydrogen-bond donors (Lipinski definition) is 3. The van der Waals surface area contributed by atoms with E-state index in [9.17, 15) is 9.50 Å². The number of aliphatic hydroxyl groups is 1. The number of benzene rings is 2. The molecule has 0 heterocycles. The third-order valence-electron chi connectivity index (χ3n) is 3.28. The molecule has 2 aromatic rings. The quantitative estimate of drug-likeness (QED) is 0.363. The van der Waals surface area contributed by atoms with Crippen molar-refractivity contribution in [3.8, 4) is 0 Å². The van der Waals surface area contributed by atoms with Crippen molar-refractivity contribution in [3.63, 3.8) is 0 Å². The number of rotatable bonds is 6. The lowest BCUT2D eigenvalue weighted by atomic mass is 10.1. The van der Waals surface area contributed by atoms with Crippen LogP contribution in [-0.4, -0.2) is 24.7 Å². The van der Waals surface area contributed by atoms with Gasteiger partial charge in [0.2, 0.25) is 0 Å². The zero-order valence-corrected chi connectivity index (χ0v) is 15.6. The zero-order valence-electron chi connectivity index (χ0n) is 13.3. The highest BCUT2D eigenvalue weighted by molar-refractivity contribution is 14.0. The molecule has 0 bridgehead atoms. The van der Waals surface area contributed by atoms with Crippen LogP contribution in [0, 0.1) is 5.82 Å². The van der Waals surface area contributed by atoms with Gasteiger partial charge in [0, 0.05) is 23.9 Å². The number of nitrogens with one attached hydrogen (secondary N) is 1. The molecule has 2 rings (SSSR count). The second kappa shape index (κ2) is 10.2. The zero-order chi connectivity index (χ0) is 16.7. The first-order valence-electron chi connectivity index (χ1n) is 7.18. The molecule has 0 saturated carbocycles. The molecule has 0 aliphatic heterocycles. The van der Waals surface area contributed by atoms with E-state index in [2.05, 4.69) is 10.3 Å². The highest BCUT2D eigenvalue weighted by Gasteiger charge is 2.11. The van der Waals surface area contributed by atoms with E-state index in [4.69, 9.17) is 10.5 Å². The molecular weight excluding hydrogens is 424 g/mol. The Bertz CT molecular complexity index is 682. The summed E-state index contributed by atoms with van der Waals surface area (Å²) in [6.45, 7) is 0.403. The van der Waals surface area contributed by atoms with Crippen molar-refractivity contribution in [2.24, 2.45) is 10.7 Å². The van der Waals surface area contributed by atoms with Gasteiger partial charge in [-0.05, 0) is 12.1 Å². The maximum absolute atomic E-state index is 13.6. The van der Waals surface area contributed by atoms with Crippen molar-refractivity contribution < 1.29 is 14.2 Å². The van der Waals surface area contributed by atoms with E-state index in [0.717, 1.165) is 11.3 Å². The van der Waals surface area contributed by atoms with Crippen molar-refractivity contribution in [3.05, 3.63) is 65.5 Å². The van der Waals surface area contributed by atoms with Gasteiger partial charge in [0.25, 0.3) is 0 Å². The minimum Gasteiger partial charge on any atom is -0.386 e. The highest BCUT2D eigenvalue weighted by Crippen LogP contribution is 2.18. The van der Waals surface area contributed by atoms with E-state index in [-0.39, 0.29) is 42.0 Å². The maximum atomic E-state index is 13.6. The SMILES string of the molecule is COCc1ccccc1NC(N)=NCC(O)c1ccccc1F.I. The number of nitrogens with zero attached hydrogens (tertiary/aromatic N) is 1. The first-order chi connectivity index (χ1) is 11.1. The van der Waals surface area contributed by atoms with Crippen LogP contribution in [0.2, 0.25) is 0 Å².